The van der Waals surface area contributed by atoms with Gasteiger partial charge in [0, 0.05) is 11.5 Å². The number of carbonyl (C=O) groups excluding carboxylic acids is 1. The lowest BCUT2D eigenvalue weighted by atomic mass is 10.2. The minimum atomic E-state index is -0.265. The van der Waals surface area contributed by atoms with Gasteiger partial charge in [0.1, 0.15) is 6.10 Å². The highest BCUT2D eigenvalue weighted by Gasteiger charge is 2.25. The molecule has 5 heteroatoms. The number of thiazole rings is 1. The van der Waals surface area contributed by atoms with Crippen LogP contribution in [0.3, 0.4) is 0 Å². The molecule has 86 valence electrons. The van der Waals surface area contributed by atoms with Crippen molar-refractivity contribution in [3.63, 3.8) is 0 Å². The van der Waals surface area contributed by atoms with E-state index in [2.05, 4.69) is 10.3 Å². The molecule has 0 radical (unpaired) electrons. The maximum Gasteiger partial charge on any atom is 0.255 e. The van der Waals surface area contributed by atoms with E-state index in [1.165, 1.54) is 17.0 Å². The normalized spacial score (nSPS) is 23.4. The molecule has 1 saturated heterocycles. The third-order valence-electron chi connectivity index (χ3n) is 3.05. The van der Waals surface area contributed by atoms with Gasteiger partial charge in [-0.15, -0.1) is 11.3 Å². The van der Waals surface area contributed by atoms with Crippen LogP contribution < -0.4 is 5.32 Å². The standard InChI is InChI=1S/C11H14N2O2S/c14-10(8-4-2-6-15-8)13-11-12-7-3-1-5-9(7)16-11/h8H,1-6H2,(H,12,13,14)/t8-/m1/s1. The van der Waals surface area contributed by atoms with Gasteiger partial charge < -0.3 is 4.74 Å². The van der Waals surface area contributed by atoms with Crippen molar-refractivity contribution in [2.45, 2.75) is 38.2 Å². The lowest BCUT2D eigenvalue weighted by Crippen LogP contribution is -2.26. The first-order valence-electron chi connectivity index (χ1n) is 5.74. The summed E-state index contributed by atoms with van der Waals surface area (Å²) in [6.07, 6.45) is 4.92. The Labute approximate surface area is 98.0 Å². The smallest absolute Gasteiger partial charge is 0.255 e. The Morgan fingerprint density at radius 3 is 3.12 bits per heavy atom. The molecule has 1 atom stereocenters. The van der Waals surface area contributed by atoms with Gasteiger partial charge in [-0.1, -0.05) is 0 Å². The zero-order chi connectivity index (χ0) is 11.0. The maximum absolute atomic E-state index is 11.8. The molecule has 4 nitrogen and oxygen atoms in total. The molecule has 1 aromatic heterocycles. The summed E-state index contributed by atoms with van der Waals surface area (Å²) < 4.78 is 5.33. The molecule has 1 aliphatic carbocycles. The summed E-state index contributed by atoms with van der Waals surface area (Å²) in [4.78, 5) is 17.5. The number of rotatable bonds is 2. The van der Waals surface area contributed by atoms with Crippen LogP contribution in [-0.2, 0) is 22.4 Å². The molecule has 0 spiro atoms. The van der Waals surface area contributed by atoms with Gasteiger partial charge in [-0.25, -0.2) is 4.98 Å². The van der Waals surface area contributed by atoms with Crippen LogP contribution in [-0.4, -0.2) is 23.6 Å². The molecule has 1 aromatic rings. The highest BCUT2D eigenvalue weighted by atomic mass is 32.1. The van der Waals surface area contributed by atoms with Gasteiger partial charge in [0.25, 0.3) is 5.91 Å². The van der Waals surface area contributed by atoms with Crippen molar-refractivity contribution in [1.29, 1.82) is 0 Å². The average Bonchev–Trinajstić information content (AvgIpc) is 2.91. The fraction of sp³-hybridized carbons (Fsp3) is 0.636. The van der Waals surface area contributed by atoms with Gasteiger partial charge >= 0.3 is 0 Å². The fourth-order valence-corrected chi connectivity index (χ4v) is 3.27. The number of carbonyl (C=O) groups is 1. The van der Waals surface area contributed by atoms with E-state index in [1.807, 2.05) is 0 Å². The largest absolute Gasteiger partial charge is 0.368 e. The topological polar surface area (TPSA) is 51.2 Å². The quantitative estimate of drug-likeness (QED) is 0.854. The Morgan fingerprint density at radius 2 is 2.38 bits per heavy atom. The Bertz CT molecular complexity index is 389. The number of nitrogens with zero attached hydrogens (tertiary/aromatic N) is 1. The van der Waals surface area contributed by atoms with Crippen LogP contribution in [0.25, 0.3) is 0 Å². The number of hydrogen-bond acceptors (Lipinski definition) is 4. The van der Waals surface area contributed by atoms with Crippen LogP contribution in [0, 0.1) is 0 Å². The zero-order valence-corrected chi connectivity index (χ0v) is 9.81. The Balaban J connectivity index is 1.67. The van der Waals surface area contributed by atoms with Crippen molar-refractivity contribution >= 4 is 22.4 Å². The minimum Gasteiger partial charge on any atom is -0.368 e. The number of aryl methyl sites for hydroxylation is 2. The molecule has 1 N–H and O–H groups in total. The molecule has 2 heterocycles. The number of ether oxygens (including phenoxy) is 1. The number of aromatic nitrogens is 1. The second-order valence-corrected chi connectivity index (χ2v) is 5.32. The molecular weight excluding hydrogens is 224 g/mol. The highest BCUT2D eigenvalue weighted by Crippen LogP contribution is 2.30. The van der Waals surface area contributed by atoms with Gasteiger partial charge in [-0.3, -0.25) is 10.1 Å². The molecule has 1 aliphatic heterocycles. The van der Waals surface area contributed by atoms with Gasteiger partial charge in [0.15, 0.2) is 5.13 Å². The van der Waals surface area contributed by atoms with E-state index in [9.17, 15) is 4.79 Å². The third kappa shape index (κ3) is 1.85. The van der Waals surface area contributed by atoms with Crippen molar-refractivity contribution in [2.75, 3.05) is 11.9 Å². The second kappa shape index (κ2) is 4.14. The number of anilines is 1. The van der Waals surface area contributed by atoms with Crippen LogP contribution in [0.15, 0.2) is 0 Å². The van der Waals surface area contributed by atoms with Crippen LogP contribution in [0.2, 0.25) is 0 Å². The van der Waals surface area contributed by atoms with Gasteiger partial charge in [0.05, 0.1) is 5.69 Å². The van der Waals surface area contributed by atoms with Crippen molar-refractivity contribution in [3.05, 3.63) is 10.6 Å². The van der Waals surface area contributed by atoms with E-state index in [0.29, 0.717) is 6.61 Å². The van der Waals surface area contributed by atoms with E-state index < -0.39 is 0 Å². The van der Waals surface area contributed by atoms with Crippen LogP contribution >= 0.6 is 11.3 Å². The van der Waals surface area contributed by atoms with Gasteiger partial charge in [-0.2, -0.15) is 0 Å². The van der Waals surface area contributed by atoms with E-state index in [1.54, 1.807) is 11.3 Å². The molecule has 2 aliphatic rings. The van der Waals surface area contributed by atoms with E-state index in [0.717, 1.165) is 30.8 Å². The molecule has 0 bridgehead atoms. The van der Waals surface area contributed by atoms with Crippen LogP contribution in [0.5, 0.6) is 0 Å². The average molecular weight is 238 g/mol. The summed E-state index contributed by atoms with van der Waals surface area (Å²) in [7, 11) is 0. The lowest BCUT2D eigenvalue weighted by molar-refractivity contribution is -0.124. The van der Waals surface area contributed by atoms with Crippen LogP contribution in [0.4, 0.5) is 5.13 Å². The van der Waals surface area contributed by atoms with Crippen molar-refractivity contribution < 1.29 is 9.53 Å². The van der Waals surface area contributed by atoms with Crippen LogP contribution in [0.1, 0.15) is 29.8 Å². The van der Waals surface area contributed by atoms with E-state index >= 15 is 0 Å². The second-order valence-electron chi connectivity index (χ2n) is 4.23. The van der Waals surface area contributed by atoms with E-state index in [-0.39, 0.29) is 12.0 Å². The molecule has 1 fully saturated rings. The Morgan fingerprint density at radius 1 is 1.44 bits per heavy atom. The Kier molecular flexibility index (Phi) is 2.65. The molecular formula is C11H14N2O2S. The monoisotopic (exact) mass is 238 g/mol. The summed E-state index contributed by atoms with van der Waals surface area (Å²) in [5.74, 6) is -0.0371. The predicted octanol–water partition coefficient (Wildman–Crippen LogP) is 1.75. The number of fused-ring (bicyclic) bond motifs is 1. The maximum atomic E-state index is 11.8. The number of hydrogen-bond donors (Lipinski definition) is 1. The SMILES string of the molecule is O=C(Nc1nc2c(s1)CCC2)[C@H]1CCCO1. The highest BCUT2D eigenvalue weighted by molar-refractivity contribution is 7.15. The summed E-state index contributed by atoms with van der Waals surface area (Å²) in [6, 6.07) is 0. The molecule has 3 rings (SSSR count). The predicted molar refractivity (Wildman–Crippen MR) is 61.7 cm³/mol. The molecule has 0 aromatic carbocycles. The first kappa shape index (κ1) is 10.2. The Hall–Kier alpha value is -0.940. The summed E-state index contributed by atoms with van der Waals surface area (Å²) in [5, 5.41) is 3.60. The third-order valence-corrected chi connectivity index (χ3v) is 4.12. The molecule has 0 unspecified atom stereocenters. The van der Waals surface area contributed by atoms with Gasteiger partial charge in [0.2, 0.25) is 0 Å². The molecule has 1 amide bonds. The lowest BCUT2D eigenvalue weighted by Gasteiger charge is -2.07. The molecule has 0 saturated carbocycles. The summed E-state index contributed by atoms with van der Waals surface area (Å²) in [6.45, 7) is 0.701. The van der Waals surface area contributed by atoms with Crippen molar-refractivity contribution in [3.8, 4) is 0 Å². The van der Waals surface area contributed by atoms with Gasteiger partial charge in [-0.05, 0) is 32.1 Å². The first-order chi connectivity index (χ1) is 7.83. The minimum absolute atomic E-state index is 0.0371. The zero-order valence-electron chi connectivity index (χ0n) is 8.99. The molecule has 16 heavy (non-hydrogen) atoms. The van der Waals surface area contributed by atoms with Crippen molar-refractivity contribution in [2.24, 2.45) is 0 Å². The first-order valence-corrected chi connectivity index (χ1v) is 6.55. The summed E-state index contributed by atoms with van der Waals surface area (Å²) >= 11 is 1.61. The summed E-state index contributed by atoms with van der Waals surface area (Å²) in [5.41, 5.74) is 1.17. The van der Waals surface area contributed by atoms with Crippen molar-refractivity contribution in [1.82, 2.24) is 4.98 Å². The number of nitrogens with one attached hydrogen (secondary N) is 1. The number of amides is 1. The van der Waals surface area contributed by atoms with E-state index in [4.69, 9.17) is 4.74 Å². The fourth-order valence-electron chi connectivity index (χ4n) is 2.21.